The molecule has 1 saturated heterocycles. The van der Waals surface area contributed by atoms with Gasteiger partial charge in [-0.15, -0.1) is 0 Å². The van der Waals surface area contributed by atoms with Crippen molar-refractivity contribution in [3.63, 3.8) is 0 Å². The minimum atomic E-state index is -3.87. The SMILES string of the molecule is COC(=O)c1ccc(C=NNc2ccc(S(=O)(=O)N3CCOCC3)cc2[N+](=O)[O-])cc1. The third-order valence-corrected chi connectivity index (χ3v) is 6.40. The average Bonchev–Trinajstić information content (AvgIpc) is 2.79. The maximum atomic E-state index is 12.7. The Morgan fingerprint density at radius 3 is 2.52 bits per heavy atom. The molecule has 1 N–H and O–H groups in total. The lowest BCUT2D eigenvalue weighted by Crippen LogP contribution is -2.40. The molecule has 1 aliphatic heterocycles. The van der Waals surface area contributed by atoms with Gasteiger partial charge >= 0.3 is 5.97 Å². The molecule has 1 aliphatic rings. The molecule has 0 spiro atoms. The van der Waals surface area contributed by atoms with Gasteiger partial charge < -0.3 is 9.47 Å². The molecule has 31 heavy (non-hydrogen) atoms. The van der Waals surface area contributed by atoms with Gasteiger partial charge in [0.25, 0.3) is 5.69 Å². The smallest absolute Gasteiger partial charge is 0.337 e. The van der Waals surface area contributed by atoms with Crippen LogP contribution in [0.1, 0.15) is 15.9 Å². The number of nitro groups is 1. The van der Waals surface area contributed by atoms with Crippen LogP contribution in [0.4, 0.5) is 11.4 Å². The Morgan fingerprint density at radius 2 is 1.90 bits per heavy atom. The second-order valence-electron chi connectivity index (χ2n) is 6.44. The summed E-state index contributed by atoms with van der Waals surface area (Å²) in [4.78, 5) is 22.1. The van der Waals surface area contributed by atoms with Crippen molar-refractivity contribution in [2.75, 3.05) is 38.8 Å². The Bertz CT molecular complexity index is 1090. The third-order valence-electron chi connectivity index (χ3n) is 4.50. The highest BCUT2D eigenvalue weighted by Crippen LogP contribution is 2.29. The molecule has 0 aromatic heterocycles. The second kappa shape index (κ2) is 9.64. The fraction of sp³-hybridized carbons (Fsp3) is 0.263. The van der Waals surface area contributed by atoms with E-state index in [9.17, 15) is 23.3 Å². The van der Waals surface area contributed by atoms with Crippen LogP contribution in [0.2, 0.25) is 0 Å². The van der Waals surface area contributed by atoms with Crippen LogP contribution < -0.4 is 5.43 Å². The summed E-state index contributed by atoms with van der Waals surface area (Å²) in [5.41, 5.74) is 3.18. The van der Waals surface area contributed by atoms with Crippen LogP contribution in [0, 0.1) is 10.1 Å². The van der Waals surface area contributed by atoms with Gasteiger partial charge in [0.1, 0.15) is 5.69 Å². The minimum Gasteiger partial charge on any atom is -0.465 e. The van der Waals surface area contributed by atoms with Crippen LogP contribution in [-0.2, 0) is 19.5 Å². The standard InChI is InChI=1S/C19H20N4O7S/c1-29-19(24)15-4-2-14(3-5-15)13-20-21-17-7-6-16(12-18(17)23(25)26)31(27,28)22-8-10-30-11-9-22/h2-7,12-13,21H,8-11H2,1H3. The summed E-state index contributed by atoms with van der Waals surface area (Å²) in [5.74, 6) is -0.468. The van der Waals surface area contributed by atoms with Gasteiger partial charge in [-0.1, -0.05) is 12.1 Å². The van der Waals surface area contributed by atoms with Crippen molar-refractivity contribution >= 4 is 33.6 Å². The number of morpholine rings is 1. The lowest BCUT2D eigenvalue weighted by molar-refractivity contribution is -0.384. The molecule has 0 unspecified atom stereocenters. The van der Waals surface area contributed by atoms with Crippen LogP contribution in [0.3, 0.4) is 0 Å². The van der Waals surface area contributed by atoms with Crippen LogP contribution in [0.15, 0.2) is 52.5 Å². The molecule has 3 rings (SSSR count). The lowest BCUT2D eigenvalue weighted by Gasteiger charge is -2.26. The minimum absolute atomic E-state index is 0.0355. The zero-order chi connectivity index (χ0) is 22.4. The summed E-state index contributed by atoms with van der Waals surface area (Å²) in [7, 11) is -2.58. The molecule has 164 valence electrons. The van der Waals surface area contributed by atoms with Crippen molar-refractivity contribution in [1.29, 1.82) is 0 Å². The number of hydrogen-bond acceptors (Lipinski definition) is 9. The van der Waals surface area contributed by atoms with Crippen molar-refractivity contribution in [2.45, 2.75) is 4.90 Å². The molecule has 1 fully saturated rings. The molecule has 0 bridgehead atoms. The Labute approximate surface area is 178 Å². The summed E-state index contributed by atoms with van der Waals surface area (Å²) >= 11 is 0. The van der Waals surface area contributed by atoms with E-state index in [-0.39, 0.29) is 36.9 Å². The molecule has 0 radical (unpaired) electrons. The fourth-order valence-corrected chi connectivity index (χ4v) is 4.28. The number of hydrogen-bond donors (Lipinski definition) is 1. The normalized spacial score (nSPS) is 15.0. The first-order valence-corrected chi connectivity index (χ1v) is 10.6. The number of esters is 1. The number of rotatable bonds is 7. The Morgan fingerprint density at radius 1 is 1.23 bits per heavy atom. The molecule has 0 aliphatic carbocycles. The fourth-order valence-electron chi connectivity index (χ4n) is 2.85. The van der Waals surface area contributed by atoms with Crippen LogP contribution in [0.25, 0.3) is 0 Å². The number of hydrazone groups is 1. The highest BCUT2D eigenvalue weighted by Gasteiger charge is 2.28. The van der Waals surface area contributed by atoms with E-state index >= 15 is 0 Å². The lowest BCUT2D eigenvalue weighted by atomic mass is 10.1. The summed E-state index contributed by atoms with van der Waals surface area (Å²) in [6.07, 6.45) is 1.41. The maximum absolute atomic E-state index is 12.7. The maximum Gasteiger partial charge on any atom is 0.337 e. The van der Waals surface area contributed by atoms with E-state index in [1.807, 2.05) is 0 Å². The number of ether oxygens (including phenoxy) is 2. The van der Waals surface area contributed by atoms with Crippen molar-refractivity contribution in [1.82, 2.24) is 4.31 Å². The highest BCUT2D eigenvalue weighted by atomic mass is 32.2. The predicted molar refractivity (Wildman–Crippen MR) is 112 cm³/mol. The monoisotopic (exact) mass is 448 g/mol. The molecular weight excluding hydrogens is 428 g/mol. The van der Waals surface area contributed by atoms with Crippen molar-refractivity contribution < 1.29 is 27.6 Å². The van der Waals surface area contributed by atoms with Crippen molar-refractivity contribution in [3.05, 3.63) is 63.7 Å². The molecule has 11 nitrogen and oxygen atoms in total. The Hall–Kier alpha value is -3.35. The van der Waals surface area contributed by atoms with Gasteiger partial charge in [0, 0.05) is 19.2 Å². The molecule has 2 aromatic carbocycles. The van der Waals surface area contributed by atoms with Crippen LogP contribution in [-0.4, -0.2) is 63.2 Å². The molecule has 0 amide bonds. The van der Waals surface area contributed by atoms with Gasteiger partial charge in [-0.2, -0.15) is 9.41 Å². The number of nitro benzene ring substituents is 1. The van der Waals surface area contributed by atoms with Gasteiger partial charge in [-0.05, 0) is 29.8 Å². The van der Waals surface area contributed by atoms with Crippen molar-refractivity contribution in [2.24, 2.45) is 5.10 Å². The molecule has 12 heteroatoms. The van der Waals surface area contributed by atoms with E-state index in [2.05, 4.69) is 15.3 Å². The van der Waals surface area contributed by atoms with Gasteiger partial charge in [0.05, 0.1) is 41.9 Å². The number of anilines is 1. The number of benzene rings is 2. The highest BCUT2D eigenvalue weighted by molar-refractivity contribution is 7.89. The number of sulfonamides is 1. The summed E-state index contributed by atoms with van der Waals surface area (Å²) in [6.45, 7) is 0.928. The first-order valence-electron chi connectivity index (χ1n) is 9.16. The molecular formula is C19H20N4O7S. The number of methoxy groups -OCH3 is 1. The van der Waals surface area contributed by atoms with E-state index in [1.54, 1.807) is 24.3 Å². The Kier molecular flexibility index (Phi) is 6.95. The van der Waals surface area contributed by atoms with Gasteiger partial charge in [0.15, 0.2) is 0 Å². The van der Waals surface area contributed by atoms with E-state index in [1.165, 1.54) is 29.8 Å². The zero-order valence-electron chi connectivity index (χ0n) is 16.6. The molecule has 0 saturated carbocycles. The van der Waals surface area contributed by atoms with Crippen LogP contribution in [0.5, 0.6) is 0 Å². The Balaban J connectivity index is 1.78. The summed E-state index contributed by atoms with van der Waals surface area (Å²) < 4.78 is 36.5. The number of nitrogens with zero attached hydrogens (tertiary/aromatic N) is 3. The first-order chi connectivity index (χ1) is 14.8. The third kappa shape index (κ3) is 5.23. The number of carbonyl (C=O) groups excluding carboxylic acids is 1. The summed E-state index contributed by atoms with van der Waals surface area (Å²) in [6, 6.07) is 9.97. The van der Waals surface area contributed by atoms with E-state index < -0.39 is 26.6 Å². The van der Waals surface area contributed by atoms with Crippen LogP contribution >= 0.6 is 0 Å². The second-order valence-corrected chi connectivity index (χ2v) is 8.37. The topological polar surface area (TPSA) is 140 Å². The van der Waals surface area contributed by atoms with Gasteiger partial charge in [-0.3, -0.25) is 15.5 Å². The molecule has 0 atom stereocenters. The first kappa shape index (κ1) is 22.3. The molecule has 1 heterocycles. The number of nitrogens with one attached hydrogen (secondary N) is 1. The number of carbonyl (C=O) groups is 1. The zero-order valence-corrected chi connectivity index (χ0v) is 17.4. The van der Waals surface area contributed by atoms with E-state index in [0.29, 0.717) is 11.1 Å². The average molecular weight is 448 g/mol. The van der Waals surface area contributed by atoms with Gasteiger partial charge in [-0.25, -0.2) is 13.2 Å². The predicted octanol–water partition coefficient (Wildman–Crippen LogP) is 1.85. The molecule has 2 aromatic rings. The largest absolute Gasteiger partial charge is 0.465 e. The van der Waals surface area contributed by atoms with E-state index in [4.69, 9.17) is 4.74 Å². The van der Waals surface area contributed by atoms with Crippen molar-refractivity contribution in [3.8, 4) is 0 Å². The van der Waals surface area contributed by atoms with E-state index in [0.717, 1.165) is 6.07 Å². The quantitative estimate of drug-likeness (QED) is 0.293. The summed E-state index contributed by atoms with van der Waals surface area (Å²) in [5, 5.41) is 15.4. The van der Waals surface area contributed by atoms with Gasteiger partial charge in [0.2, 0.25) is 10.0 Å².